The highest BCUT2D eigenvalue weighted by atomic mass is 16.5. The predicted molar refractivity (Wildman–Crippen MR) is 143 cm³/mol. The number of rotatable bonds is 11. The molecule has 1 heteroatoms. The normalized spacial score (nSPS) is 25.5. The van der Waals surface area contributed by atoms with E-state index in [0.717, 1.165) is 48.0 Å². The van der Waals surface area contributed by atoms with Gasteiger partial charge in [-0.05, 0) is 86.1 Å². The van der Waals surface area contributed by atoms with Gasteiger partial charge in [0.05, 0.1) is 6.61 Å². The Morgan fingerprint density at radius 1 is 0.758 bits per heavy atom. The summed E-state index contributed by atoms with van der Waals surface area (Å²) in [4.78, 5) is 0. The molecule has 3 rings (SSSR count). The SMILES string of the molecule is CCCCCC1CCC(CCC2CCC(/C=C/C#Cc3ccc(OCCC)cc3)CC2)CC1. The molecule has 1 aromatic carbocycles. The van der Waals surface area contributed by atoms with Gasteiger partial charge in [0.15, 0.2) is 0 Å². The molecule has 2 aliphatic carbocycles. The van der Waals surface area contributed by atoms with E-state index in [9.17, 15) is 0 Å². The Labute approximate surface area is 204 Å². The number of ether oxygens (including phenoxy) is 1. The number of benzene rings is 1. The van der Waals surface area contributed by atoms with E-state index >= 15 is 0 Å². The standard InChI is InChI=1S/C32H48O/c1-3-5-6-9-27-12-16-30(17-13-27)20-21-31-18-14-28(15-19-31)10-7-8-11-29-22-24-32(25-23-29)33-26-4-2/h7,10,22-25,27-28,30-31H,3-6,9,12-21,26H2,1-2H3/b10-7+. The summed E-state index contributed by atoms with van der Waals surface area (Å²) in [5.41, 5.74) is 1.06. The van der Waals surface area contributed by atoms with Gasteiger partial charge in [-0.2, -0.15) is 0 Å². The highest BCUT2D eigenvalue weighted by Crippen LogP contribution is 2.38. The Morgan fingerprint density at radius 2 is 1.36 bits per heavy atom. The molecule has 0 spiro atoms. The molecule has 0 atom stereocenters. The molecule has 182 valence electrons. The van der Waals surface area contributed by atoms with Crippen LogP contribution in [0.15, 0.2) is 36.4 Å². The Kier molecular flexibility index (Phi) is 12.0. The molecule has 0 saturated heterocycles. The quantitative estimate of drug-likeness (QED) is 0.242. The summed E-state index contributed by atoms with van der Waals surface area (Å²) in [6, 6.07) is 8.14. The molecule has 0 N–H and O–H groups in total. The average molecular weight is 449 g/mol. The van der Waals surface area contributed by atoms with Gasteiger partial charge in [0.2, 0.25) is 0 Å². The number of allylic oxidation sites excluding steroid dienone is 2. The number of hydrogen-bond donors (Lipinski definition) is 0. The van der Waals surface area contributed by atoms with Crippen molar-refractivity contribution in [2.24, 2.45) is 23.7 Å². The molecule has 2 saturated carbocycles. The van der Waals surface area contributed by atoms with E-state index in [1.165, 1.54) is 89.9 Å². The highest BCUT2D eigenvalue weighted by molar-refractivity contribution is 5.40. The minimum atomic E-state index is 0.735. The van der Waals surface area contributed by atoms with Crippen LogP contribution in [0.25, 0.3) is 0 Å². The molecule has 0 aromatic heterocycles. The third kappa shape index (κ3) is 10.00. The van der Waals surface area contributed by atoms with Gasteiger partial charge in [-0.25, -0.2) is 0 Å². The maximum Gasteiger partial charge on any atom is 0.119 e. The molecular formula is C32H48O. The third-order valence-corrected chi connectivity index (χ3v) is 8.05. The molecule has 1 aromatic rings. The lowest BCUT2D eigenvalue weighted by Gasteiger charge is -2.31. The summed E-state index contributed by atoms with van der Waals surface area (Å²) in [6.07, 6.45) is 25.9. The van der Waals surface area contributed by atoms with E-state index in [1.54, 1.807) is 0 Å². The van der Waals surface area contributed by atoms with Crippen LogP contribution >= 0.6 is 0 Å². The van der Waals surface area contributed by atoms with Crippen LogP contribution in [-0.2, 0) is 0 Å². The first-order valence-corrected chi connectivity index (χ1v) is 14.2. The van der Waals surface area contributed by atoms with Crippen LogP contribution in [0.2, 0.25) is 0 Å². The summed E-state index contributed by atoms with van der Waals surface area (Å²) in [6.45, 7) is 5.22. The van der Waals surface area contributed by atoms with E-state index in [2.05, 4.69) is 50.0 Å². The summed E-state index contributed by atoms with van der Waals surface area (Å²) in [5.74, 6) is 11.2. The smallest absolute Gasteiger partial charge is 0.119 e. The van der Waals surface area contributed by atoms with Gasteiger partial charge in [-0.3, -0.25) is 0 Å². The zero-order valence-corrected chi connectivity index (χ0v) is 21.5. The Morgan fingerprint density at radius 3 is 1.97 bits per heavy atom. The van der Waals surface area contributed by atoms with Gasteiger partial charge >= 0.3 is 0 Å². The van der Waals surface area contributed by atoms with E-state index in [0.29, 0.717) is 0 Å². The second-order valence-electron chi connectivity index (χ2n) is 10.7. The van der Waals surface area contributed by atoms with Crippen LogP contribution in [0.1, 0.15) is 116 Å². The van der Waals surface area contributed by atoms with Crippen molar-refractivity contribution in [3.63, 3.8) is 0 Å². The summed E-state index contributed by atoms with van der Waals surface area (Å²) in [5, 5.41) is 0. The van der Waals surface area contributed by atoms with Gasteiger partial charge in [0.1, 0.15) is 5.75 Å². The molecule has 1 nitrogen and oxygen atoms in total. The van der Waals surface area contributed by atoms with Crippen LogP contribution < -0.4 is 4.74 Å². The molecular weight excluding hydrogens is 400 g/mol. The van der Waals surface area contributed by atoms with Crippen molar-refractivity contribution in [2.75, 3.05) is 6.61 Å². The van der Waals surface area contributed by atoms with Crippen molar-refractivity contribution in [3.8, 4) is 17.6 Å². The van der Waals surface area contributed by atoms with Crippen LogP contribution in [0.3, 0.4) is 0 Å². The van der Waals surface area contributed by atoms with E-state index in [-0.39, 0.29) is 0 Å². The molecule has 33 heavy (non-hydrogen) atoms. The van der Waals surface area contributed by atoms with Crippen molar-refractivity contribution in [1.82, 2.24) is 0 Å². The van der Waals surface area contributed by atoms with Gasteiger partial charge in [-0.15, -0.1) is 0 Å². The first-order valence-electron chi connectivity index (χ1n) is 14.2. The zero-order valence-electron chi connectivity index (χ0n) is 21.5. The zero-order chi connectivity index (χ0) is 23.1. The van der Waals surface area contributed by atoms with Crippen LogP contribution in [0.5, 0.6) is 5.75 Å². The first kappa shape index (κ1) is 25.9. The first-order chi connectivity index (χ1) is 16.3. The van der Waals surface area contributed by atoms with Gasteiger partial charge < -0.3 is 4.74 Å². The third-order valence-electron chi connectivity index (χ3n) is 8.05. The average Bonchev–Trinajstić information content (AvgIpc) is 2.86. The van der Waals surface area contributed by atoms with E-state index < -0.39 is 0 Å². The molecule has 0 unspecified atom stereocenters. The fourth-order valence-corrected chi connectivity index (χ4v) is 5.80. The van der Waals surface area contributed by atoms with Crippen LogP contribution in [0, 0.1) is 35.5 Å². The van der Waals surface area contributed by atoms with E-state index in [1.807, 2.05) is 12.1 Å². The van der Waals surface area contributed by atoms with E-state index in [4.69, 9.17) is 4.74 Å². The van der Waals surface area contributed by atoms with Gasteiger partial charge in [0, 0.05) is 5.56 Å². The van der Waals surface area contributed by atoms with Crippen molar-refractivity contribution in [1.29, 1.82) is 0 Å². The van der Waals surface area contributed by atoms with Gasteiger partial charge in [-0.1, -0.05) is 96.0 Å². The van der Waals surface area contributed by atoms with Gasteiger partial charge in [0.25, 0.3) is 0 Å². The largest absolute Gasteiger partial charge is 0.494 e. The highest BCUT2D eigenvalue weighted by Gasteiger charge is 2.24. The second-order valence-corrected chi connectivity index (χ2v) is 10.7. The monoisotopic (exact) mass is 448 g/mol. The Balaban J connectivity index is 1.28. The lowest BCUT2D eigenvalue weighted by atomic mass is 9.75. The lowest BCUT2D eigenvalue weighted by Crippen LogP contribution is -2.17. The minimum absolute atomic E-state index is 0.735. The fraction of sp³-hybridized carbons (Fsp3) is 0.688. The number of unbranched alkanes of at least 4 members (excludes halogenated alkanes) is 2. The van der Waals surface area contributed by atoms with Crippen molar-refractivity contribution in [3.05, 3.63) is 42.0 Å². The predicted octanol–water partition coefficient (Wildman–Crippen LogP) is 9.36. The maximum atomic E-state index is 5.63. The second kappa shape index (κ2) is 15.3. The van der Waals surface area contributed by atoms with Crippen LogP contribution in [-0.4, -0.2) is 6.61 Å². The van der Waals surface area contributed by atoms with Crippen LogP contribution in [0.4, 0.5) is 0 Å². The number of hydrogen-bond acceptors (Lipinski definition) is 1. The Bertz CT molecular complexity index is 718. The lowest BCUT2D eigenvalue weighted by molar-refractivity contribution is 0.219. The topological polar surface area (TPSA) is 9.23 Å². The minimum Gasteiger partial charge on any atom is -0.494 e. The summed E-state index contributed by atoms with van der Waals surface area (Å²) >= 11 is 0. The van der Waals surface area contributed by atoms with Crippen molar-refractivity contribution < 1.29 is 4.74 Å². The molecule has 0 bridgehead atoms. The summed E-state index contributed by atoms with van der Waals surface area (Å²) in [7, 11) is 0. The molecule has 2 fully saturated rings. The molecule has 0 amide bonds. The Hall–Kier alpha value is -1.68. The molecule has 0 heterocycles. The summed E-state index contributed by atoms with van der Waals surface area (Å²) < 4.78 is 5.63. The van der Waals surface area contributed by atoms with Crippen molar-refractivity contribution >= 4 is 0 Å². The molecule has 0 radical (unpaired) electrons. The fourth-order valence-electron chi connectivity index (χ4n) is 5.80. The molecule has 0 aliphatic heterocycles. The maximum absolute atomic E-state index is 5.63. The molecule has 2 aliphatic rings. The van der Waals surface area contributed by atoms with Crippen molar-refractivity contribution in [2.45, 2.75) is 110 Å².